The highest BCUT2D eigenvalue weighted by Crippen LogP contribution is 2.14. The lowest BCUT2D eigenvalue weighted by molar-refractivity contribution is -0.114. The number of benzene rings is 2. The highest BCUT2D eigenvalue weighted by atomic mass is 16.2. The Hall–Kier alpha value is -2.62. The van der Waals surface area contributed by atoms with E-state index >= 15 is 0 Å². The number of nitrogens with one attached hydrogen (secondary N) is 2. The summed E-state index contributed by atoms with van der Waals surface area (Å²) in [6.45, 7) is 1.97. The quantitative estimate of drug-likeness (QED) is 0.885. The van der Waals surface area contributed by atoms with Gasteiger partial charge in [-0.05, 0) is 24.1 Å². The maximum atomic E-state index is 12.2. The number of amides is 2. The van der Waals surface area contributed by atoms with E-state index in [2.05, 4.69) is 10.6 Å². The van der Waals surface area contributed by atoms with E-state index in [1.807, 2.05) is 30.3 Å². The van der Waals surface area contributed by atoms with Crippen LogP contribution in [0.3, 0.4) is 0 Å². The van der Waals surface area contributed by atoms with Crippen LogP contribution in [-0.2, 0) is 11.2 Å². The Morgan fingerprint density at radius 2 is 1.62 bits per heavy atom. The van der Waals surface area contributed by atoms with Crippen molar-refractivity contribution in [1.29, 1.82) is 0 Å². The van der Waals surface area contributed by atoms with Crippen LogP contribution < -0.4 is 10.6 Å². The van der Waals surface area contributed by atoms with E-state index in [0.29, 0.717) is 17.8 Å². The number of carbonyl (C=O) groups is 2. The third kappa shape index (κ3) is 4.45. The molecule has 2 aromatic rings. The Balaban J connectivity index is 1.96. The van der Waals surface area contributed by atoms with Crippen molar-refractivity contribution in [1.82, 2.24) is 5.32 Å². The summed E-state index contributed by atoms with van der Waals surface area (Å²) in [5.41, 5.74) is 2.18. The van der Waals surface area contributed by atoms with Gasteiger partial charge < -0.3 is 10.6 Å². The third-order valence-electron chi connectivity index (χ3n) is 3.02. The van der Waals surface area contributed by atoms with Gasteiger partial charge in [0.2, 0.25) is 5.91 Å². The van der Waals surface area contributed by atoms with Crippen molar-refractivity contribution >= 4 is 17.5 Å². The van der Waals surface area contributed by atoms with E-state index in [1.165, 1.54) is 12.5 Å². The van der Waals surface area contributed by atoms with Crippen LogP contribution in [0.15, 0.2) is 54.6 Å². The van der Waals surface area contributed by atoms with E-state index in [4.69, 9.17) is 0 Å². The zero-order chi connectivity index (χ0) is 15.1. The number of para-hydroxylation sites is 1. The molecule has 21 heavy (non-hydrogen) atoms. The number of rotatable bonds is 5. The molecule has 2 amide bonds. The SMILES string of the molecule is CC(=O)Nc1ccccc1C(=O)NCCc1ccccc1. The normalized spacial score (nSPS) is 9.95. The molecule has 0 bridgehead atoms. The molecule has 2 aromatic carbocycles. The molecule has 0 aliphatic rings. The average Bonchev–Trinajstić information content (AvgIpc) is 2.48. The molecule has 0 aliphatic heterocycles. The van der Waals surface area contributed by atoms with Gasteiger partial charge in [-0.1, -0.05) is 42.5 Å². The van der Waals surface area contributed by atoms with Gasteiger partial charge in [0.15, 0.2) is 0 Å². The van der Waals surface area contributed by atoms with Gasteiger partial charge in [-0.25, -0.2) is 0 Å². The fourth-order valence-electron chi connectivity index (χ4n) is 2.04. The number of carbonyl (C=O) groups excluding carboxylic acids is 2. The maximum Gasteiger partial charge on any atom is 0.253 e. The lowest BCUT2D eigenvalue weighted by atomic mass is 10.1. The van der Waals surface area contributed by atoms with Crippen LogP contribution >= 0.6 is 0 Å². The Morgan fingerprint density at radius 3 is 2.33 bits per heavy atom. The first kappa shape index (κ1) is 14.8. The first-order valence-corrected chi connectivity index (χ1v) is 6.85. The predicted octanol–water partition coefficient (Wildman–Crippen LogP) is 2.62. The second-order valence-corrected chi connectivity index (χ2v) is 4.72. The minimum atomic E-state index is -0.195. The second kappa shape index (κ2) is 7.24. The summed E-state index contributed by atoms with van der Waals surface area (Å²) >= 11 is 0. The Morgan fingerprint density at radius 1 is 0.952 bits per heavy atom. The summed E-state index contributed by atoms with van der Waals surface area (Å²) < 4.78 is 0. The van der Waals surface area contributed by atoms with Gasteiger partial charge in [0.25, 0.3) is 5.91 Å². The number of anilines is 1. The van der Waals surface area contributed by atoms with E-state index in [1.54, 1.807) is 24.3 Å². The topological polar surface area (TPSA) is 58.2 Å². The van der Waals surface area contributed by atoms with Crippen molar-refractivity contribution in [3.8, 4) is 0 Å². The van der Waals surface area contributed by atoms with Crippen molar-refractivity contribution < 1.29 is 9.59 Å². The molecule has 0 radical (unpaired) electrons. The van der Waals surface area contributed by atoms with Crippen LogP contribution in [0.25, 0.3) is 0 Å². The van der Waals surface area contributed by atoms with Crippen molar-refractivity contribution in [2.75, 3.05) is 11.9 Å². The molecule has 4 nitrogen and oxygen atoms in total. The molecule has 0 saturated heterocycles. The monoisotopic (exact) mass is 282 g/mol. The van der Waals surface area contributed by atoms with Crippen LogP contribution in [0.1, 0.15) is 22.8 Å². The summed E-state index contributed by atoms with van der Waals surface area (Å²) in [4.78, 5) is 23.3. The van der Waals surface area contributed by atoms with Crippen LogP contribution in [0, 0.1) is 0 Å². The molecule has 0 spiro atoms. The molecule has 0 unspecified atom stereocenters. The zero-order valence-corrected chi connectivity index (χ0v) is 11.9. The standard InChI is InChI=1S/C17H18N2O2/c1-13(20)19-16-10-6-5-9-15(16)17(21)18-12-11-14-7-3-2-4-8-14/h2-10H,11-12H2,1H3,(H,18,21)(H,19,20). The van der Waals surface area contributed by atoms with E-state index in [-0.39, 0.29) is 11.8 Å². The molecular weight excluding hydrogens is 264 g/mol. The summed E-state index contributed by atoms with van der Waals surface area (Å²) in [6, 6.07) is 16.9. The minimum Gasteiger partial charge on any atom is -0.352 e. The van der Waals surface area contributed by atoms with Gasteiger partial charge in [0, 0.05) is 13.5 Å². The molecule has 108 valence electrons. The molecular formula is C17H18N2O2. The van der Waals surface area contributed by atoms with Crippen LogP contribution in [0.4, 0.5) is 5.69 Å². The van der Waals surface area contributed by atoms with E-state index < -0.39 is 0 Å². The molecule has 0 aliphatic carbocycles. The van der Waals surface area contributed by atoms with Gasteiger partial charge in [0.05, 0.1) is 11.3 Å². The summed E-state index contributed by atoms with van der Waals surface area (Å²) in [7, 11) is 0. The smallest absolute Gasteiger partial charge is 0.253 e. The molecule has 4 heteroatoms. The molecule has 0 fully saturated rings. The largest absolute Gasteiger partial charge is 0.352 e. The van der Waals surface area contributed by atoms with Crippen LogP contribution in [-0.4, -0.2) is 18.4 Å². The third-order valence-corrected chi connectivity index (χ3v) is 3.02. The van der Waals surface area contributed by atoms with Crippen molar-refractivity contribution in [2.45, 2.75) is 13.3 Å². The Kier molecular flexibility index (Phi) is 5.10. The maximum absolute atomic E-state index is 12.2. The van der Waals surface area contributed by atoms with Crippen LogP contribution in [0.5, 0.6) is 0 Å². The molecule has 2 rings (SSSR count). The Bertz CT molecular complexity index is 624. The fraction of sp³-hybridized carbons (Fsp3) is 0.176. The first-order valence-electron chi connectivity index (χ1n) is 6.85. The number of hydrogen-bond acceptors (Lipinski definition) is 2. The van der Waals surface area contributed by atoms with Crippen LogP contribution in [0.2, 0.25) is 0 Å². The van der Waals surface area contributed by atoms with Gasteiger partial charge >= 0.3 is 0 Å². The lowest BCUT2D eigenvalue weighted by Crippen LogP contribution is -2.26. The summed E-state index contributed by atoms with van der Waals surface area (Å²) in [5.74, 6) is -0.380. The molecule has 2 N–H and O–H groups in total. The van der Waals surface area contributed by atoms with E-state index in [9.17, 15) is 9.59 Å². The summed E-state index contributed by atoms with van der Waals surface area (Å²) in [6.07, 6.45) is 0.773. The Labute approximate surface area is 124 Å². The van der Waals surface area contributed by atoms with Gasteiger partial charge in [0.1, 0.15) is 0 Å². The average molecular weight is 282 g/mol. The highest BCUT2D eigenvalue weighted by Gasteiger charge is 2.10. The lowest BCUT2D eigenvalue weighted by Gasteiger charge is -2.10. The molecule has 0 atom stereocenters. The van der Waals surface area contributed by atoms with Crippen molar-refractivity contribution in [3.05, 3.63) is 65.7 Å². The fourth-order valence-corrected chi connectivity index (χ4v) is 2.04. The summed E-state index contributed by atoms with van der Waals surface area (Å²) in [5, 5.41) is 5.53. The van der Waals surface area contributed by atoms with Gasteiger partial charge in [-0.15, -0.1) is 0 Å². The molecule has 0 saturated carbocycles. The molecule has 0 heterocycles. The zero-order valence-electron chi connectivity index (χ0n) is 11.9. The van der Waals surface area contributed by atoms with Crippen molar-refractivity contribution in [2.24, 2.45) is 0 Å². The van der Waals surface area contributed by atoms with E-state index in [0.717, 1.165) is 6.42 Å². The minimum absolute atomic E-state index is 0.185. The molecule has 0 aromatic heterocycles. The highest BCUT2D eigenvalue weighted by molar-refractivity contribution is 6.03. The second-order valence-electron chi connectivity index (χ2n) is 4.72. The van der Waals surface area contributed by atoms with Crippen molar-refractivity contribution in [3.63, 3.8) is 0 Å². The van der Waals surface area contributed by atoms with Gasteiger partial charge in [-0.3, -0.25) is 9.59 Å². The first-order chi connectivity index (χ1) is 10.2. The number of hydrogen-bond donors (Lipinski definition) is 2. The van der Waals surface area contributed by atoms with Gasteiger partial charge in [-0.2, -0.15) is 0 Å². The predicted molar refractivity (Wildman–Crippen MR) is 83.2 cm³/mol.